The van der Waals surface area contributed by atoms with E-state index < -0.39 is 5.54 Å². The van der Waals surface area contributed by atoms with E-state index in [4.69, 9.17) is 10.9 Å². The van der Waals surface area contributed by atoms with Crippen LogP contribution in [0, 0.1) is 0 Å². The Morgan fingerprint density at radius 2 is 1.89 bits per heavy atom. The van der Waals surface area contributed by atoms with Crippen LogP contribution in [0.4, 0.5) is 4.79 Å². The minimum atomic E-state index is -0.499. The second-order valence-electron chi connectivity index (χ2n) is 5.32. The van der Waals surface area contributed by atoms with Gasteiger partial charge in [-0.2, -0.15) is 0 Å². The first kappa shape index (κ1) is 15.6. The maximum Gasteiger partial charge on any atom is 0.319 e. The smallest absolute Gasteiger partial charge is 0.319 e. The highest BCUT2D eigenvalue weighted by Crippen LogP contribution is 2.17. The summed E-state index contributed by atoms with van der Waals surface area (Å²) in [5, 5.41) is 11.9. The van der Waals surface area contributed by atoms with E-state index in [-0.39, 0.29) is 11.9 Å². The molecule has 0 saturated carbocycles. The lowest BCUT2D eigenvalue weighted by Gasteiger charge is -2.43. The summed E-state index contributed by atoms with van der Waals surface area (Å²) < 4.78 is 0. The lowest BCUT2D eigenvalue weighted by atomic mass is 10.0. The Morgan fingerprint density at radius 1 is 1.37 bits per heavy atom. The maximum absolute atomic E-state index is 12.0. The first-order valence-electron chi connectivity index (χ1n) is 6.57. The summed E-state index contributed by atoms with van der Waals surface area (Å²) in [6.07, 6.45) is 0. The van der Waals surface area contributed by atoms with Gasteiger partial charge in [0.1, 0.15) is 0 Å². The number of oxime groups is 1. The van der Waals surface area contributed by atoms with Crippen molar-refractivity contribution < 1.29 is 10.0 Å². The molecular formula is C12H25N5O2. The molecule has 3 N–H and O–H groups in total. The molecule has 110 valence electrons. The SMILES string of the molecule is CCN(C)C(=O)N1CCN(C(C)(C)C(N)=NO)CC1. The third-order valence-corrected chi connectivity index (χ3v) is 3.88. The molecule has 0 aromatic carbocycles. The number of carbonyl (C=O) groups is 1. The van der Waals surface area contributed by atoms with E-state index in [1.807, 2.05) is 25.7 Å². The lowest BCUT2D eigenvalue weighted by Crippen LogP contribution is -2.61. The Labute approximate surface area is 114 Å². The summed E-state index contributed by atoms with van der Waals surface area (Å²) in [5.41, 5.74) is 5.22. The number of amides is 2. The number of hydrogen-bond acceptors (Lipinski definition) is 4. The highest BCUT2D eigenvalue weighted by Gasteiger charge is 2.35. The predicted octanol–water partition coefficient (Wildman–Crippen LogP) is 0.201. The molecule has 19 heavy (non-hydrogen) atoms. The van der Waals surface area contributed by atoms with Crippen molar-refractivity contribution >= 4 is 11.9 Å². The van der Waals surface area contributed by atoms with Gasteiger partial charge in [0.05, 0.1) is 5.54 Å². The van der Waals surface area contributed by atoms with Crippen LogP contribution in [0.2, 0.25) is 0 Å². The fourth-order valence-corrected chi connectivity index (χ4v) is 2.12. The van der Waals surface area contributed by atoms with Crippen molar-refractivity contribution in [3.63, 3.8) is 0 Å². The van der Waals surface area contributed by atoms with E-state index in [9.17, 15) is 4.79 Å². The molecule has 0 bridgehead atoms. The molecule has 1 saturated heterocycles. The maximum atomic E-state index is 12.0. The van der Waals surface area contributed by atoms with Crippen LogP contribution in [0.25, 0.3) is 0 Å². The summed E-state index contributed by atoms with van der Waals surface area (Å²) in [4.78, 5) is 17.7. The Balaban J connectivity index is 2.61. The molecular weight excluding hydrogens is 246 g/mol. The normalized spacial score (nSPS) is 18.5. The molecule has 0 unspecified atom stereocenters. The molecule has 1 fully saturated rings. The van der Waals surface area contributed by atoms with Crippen molar-refractivity contribution in [3.8, 4) is 0 Å². The number of carbonyl (C=O) groups excluding carboxylic acids is 1. The molecule has 1 rings (SSSR count). The molecule has 7 heteroatoms. The van der Waals surface area contributed by atoms with Gasteiger partial charge in [0, 0.05) is 39.8 Å². The van der Waals surface area contributed by atoms with Gasteiger partial charge in [-0.3, -0.25) is 4.90 Å². The number of nitrogens with two attached hydrogens (primary N) is 1. The van der Waals surface area contributed by atoms with Crippen LogP contribution >= 0.6 is 0 Å². The van der Waals surface area contributed by atoms with Crippen molar-refractivity contribution in [2.75, 3.05) is 39.8 Å². The fraction of sp³-hybridized carbons (Fsp3) is 0.833. The van der Waals surface area contributed by atoms with Crippen LogP contribution in [0.5, 0.6) is 0 Å². The van der Waals surface area contributed by atoms with Gasteiger partial charge in [-0.1, -0.05) is 5.16 Å². The lowest BCUT2D eigenvalue weighted by molar-refractivity contribution is 0.0847. The second kappa shape index (κ2) is 6.10. The Kier molecular flexibility index (Phi) is 4.99. The largest absolute Gasteiger partial charge is 0.409 e. The Hall–Kier alpha value is -1.50. The van der Waals surface area contributed by atoms with Crippen LogP contribution in [0.3, 0.4) is 0 Å². The highest BCUT2D eigenvalue weighted by molar-refractivity contribution is 5.88. The molecule has 0 radical (unpaired) electrons. The summed E-state index contributed by atoms with van der Waals surface area (Å²) >= 11 is 0. The standard InChI is InChI=1S/C12H25N5O2/c1-5-15(4)11(18)16-6-8-17(9-7-16)12(2,3)10(13)14-19/h19H,5-9H2,1-4H3,(H2,13,14). The van der Waals surface area contributed by atoms with E-state index in [0.717, 1.165) is 0 Å². The van der Waals surface area contributed by atoms with Gasteiger partial charge in [0.25, 0.3) is 0 Å². The zero-order valence-corrected chi connectivity index (χ0v) is 12.3. The van der Waals surface area contributed by atoms with Crippen LogP contribution in [-0.2, 0) is 0 Å². The van der Waals surface area contributed by atoms with Gasteiger partial charge in [-0.15, -0.1) is 0 Å². The number of amidine groups is 1. The number of rotatable bonds is 3. The average molecular weight is 271 g/mol. The molecule has 0 aliphatic carbocycles. The number of urea groups is 1. The van der Waals surface area contributed by atoms with Crippen LogP contribution in [-0.4, -0.2) is 77.1 Å². The van der Waals surface area contributed by atoms with Crippen molar-refractivity contribution in [1.29, 1.82) is 0 Å². The zero-order valence-electron chi connectivity index (χ0n) is 12.3. The Bertz CT molecular complexity index is 348. The van der Waals surface area contributed by atoms with Gasteiger partial charge in [-0.25, -0.2) is 4.79 Å². The van der Waals surface area contributed by atoms with E-state index >= 15 is 0 Å². The molecule has 1 aliphatic heterocycles. The first-order valence-corrected chi connectivity index (χ1v) is 6.57. The zero-order chi connectivity index (χ0) is 14.6. The molecule has 0 aromatic heterocycles. The molecule has 0 atom stereocenters. The molecule has 2 amide bonds. The van der Waals surface area contributed by atoms with Crippen molar-refractivity contribution in [1.82, 2.24) is 14.7 Å². The van der Waals surface area contributed by atoms with Gasteiger partial charge >= 0.3 is 6.03 Å². The van der Waals surface area contributed by atoms with Crippen LogP contribution < -0.4 is 5.73 Å². The average Bonchev–Trinajstić information content (AvgIpc) is 2.44. The van der Waals surface area contributed by atoms with Crippen LogP contribution in [0.15, 0.2) is 5.16 Å². The van der Waals surface area contributed by atoms with Gasteiger partial charge in [0.2, 0.25) is 0 Å². The minimum Gasteiger partial charge on any atom is -0.409 e. The molecule has 0 aromatic rings. The third-order valence-electron chi connectivity index (χ3n) is 3.88. The quantitative estimate of drug-likeness (QED) is 0.332. The van der Waals surface area contributed by atoms with E-state index in [2.05, 4.69) is 10.1 Å². The molecule has 7 nitrogen and oxygen atoms in total. The fourth-order valence-electron chi connectivity index (χ4n) is 2.12. The van der Waals surface area contributed by atoms with Crippen molar-refractivity contribution in [2.24, 2.45) is 10.9 Å². The highest BCUT2D eigenvalue weighted by atomic mass is 16.4. The van der Waals surface area contributed by atoms with E-state index in [1.54, 1.807) is 11.9 Å². The third kappa shape index (κ3) is 3.28. The van der Waals surface area contributed by atoms with Gasteiger partial charge in [-0.05, 0) is 20.8 Å². The number of hydrogen-bond donors (Lipinski definition) is 2. The number of nitrogens with zero attached hydrogens (tertiary/aromatic N) is 4. The summed E-state index contributed by atoms with van der Waals surface area (Å²) in [7, 11) is 1.80. The summed E-state index contributed by atoms with van der Waals surface area (Å²) in [5.74, 6) is 0.193. The summed E-state index contributed by atoms with van der Waals surface area (Å²) in [6, 6.07) is 0.0590. The molecule has 0 spiro atoms. The first-order chi connectivity index (χ1) is 8.84. The second-order valence-corrected chi connectivity index (χ2v) is 5.32. The molecule has 1 aliphatic rings. The minimum absolute atomic E-state index is 0.0590. The van der Waals surface area contributed by atoms with E-state index in [0.29, 0.717) is 32.7 Å². The van der Waals surface area contributed by atoms with Crippen LogP contribution in [0.1, 0.15) is 20.8 Å². The number of piperazine rings is 1. The van der Waals surface area contributed by atoms with Crippen molar-refractivity contribution in [3.05, 3.63) is 0 Å². The predicted molar refractivity (Wildman–Crippen MR) is 74.3 cm³/mol. The monoisotopic (exact) mass is 271 g/mol. The van der Waals surface area contributed by atoms with E-state index in [1.165, 1.54) is 0 Å². The van der Waals surface area contributed by atoms with Gasteiger partial charge < -0.3 is 20.7 Å². The Morgan fingerprint density at radius 3 is 2.32 bits per heavy atom. The molecule has 1 heterocycles. The topological polar surface area (TPSA) is 85.4 Å². The van der Waals surface area contributed by atoms with Gasteiger partial charge in [0.15, 0.2) is 5.84 Å². The van der Waals surface area contributed by atoms with Crippen molar-refractivity contribution in [2.45, 2.75) is 26.3 Å². The summed E-state index contributed by atoms with van der Waals surface area (Å²) in [6.45, 7) is 9.23.